The number of Topliss-reactive ketones (excluding diaryl/α,β-unsaturated/α-hetero) is 1. The molecular formula is C22H15F3N2O3. The molecule has 152 valence electrons. The van der Waals surface area contributed by atoms with Gasteiger partial charge in [0.05, 0.1) is 0 Å². The topological polar surface area (TPSA) is 81.4 Å². The number of hydrogen-bond acceptors (Lipinski definition) is 4. The number of nitriles is 1. The Morgan fingerprint density at radius 3 is 2.43 bits per heavy atom. The van der Waals surface area contributed by atoms with Crippen molar-refractivity contribution in [1.29, 1.82) is 5.26 Å². The summed E-state index contributed by atoms with van der Waals surface area (Å²) in [6.45, 7) is 0.632. The van der Waals surface area contributed by atoms with Gasteiger partial charge >= 0.3 is 12.1 Å². The summed E-state index contributed by atoms with van der Waals surface area (Å²) in [5, 5.41) is 17.5. The second kappa shape index (κ2) is 8.25. The number of nitrogens with zero attached hydrogens (tertiary/aromatic N) is 2. The second-order valence-electron chi connectivity index (χ2n) is 6.52. The number of ketones is 1. The van der Waals surface area contributed by atoms with Crippen LogP contribution in [0.15, 0.2) is 60.2 Å². The molecule has 0 spiro atoms. The second-order valence-corrected chi connectivity index (χ2v) is 6.52. The highest BCUT2D eigenvalue weighted by Crippen LogP contribution is 2.35. The van der Waals surface area contributed by atoms with E-state index in [1.807, 2.05) is 23.1 Å². The van der Waals surface area contributed by atoms with Crippen molar-refractivity contribution < 1.29 is 27.9 Å². The number of halogens is 3. The number of rotatable bonds is 5. The third-order valence-corrected chi connectivity index (χ3v) is 4.60. The van der Waals surface area contributed by atoms with Gasteiger partial charge in [0.2, 0.25) is 0 Å². The van der Waals surface area contributed by atoms with E-state index in [9.17, 15) is 22.8 Å². The molecule has 1 aliphatic heterocycles. The van der Waals surface area contributed by atoms with E-state index in [-0.39, 0.29) is 5.57 Å². The molecule has 0 saturated carbocycles. The SMILES string of the molecule is N#CC(=CC=Cc1ccc2c(c1)CCN2c1ccc(C(=O)C(F)(F)F)cc1)C(=O)O. The molecule has 3 rings (SSSR count). The van der Waals surface area contributed by atoms with Crippen LogP contribution in [0.2, 0.25) is 0 Å². The van der Waals surface area contributed by atoms with Crippen LogP contribution in [0.25, 0.3) is 6.08 Å². The van der Waals surface area contributed by atoms with Gasteiger partial charge in [-0.05, 0) is 60.0 Å². The maximum atomic E-state index is 12.5. The zero-order valence-corrected chi connectivity index (χ0v) is 15.5. The summed E-state index contributed by atoms with van der Waals surface area (Å²) in [7, 11) is 0. The maximum Gasteiger partial charge on any atom is 0.454 e. The number of anilines is 2. The van der Waals surface area contributed by atoms with Crippen molar-refractivity contribution in [1.82, 2.24) is 0 Å². The molecule has 1 N–H and O–H groups in total. The minimum Gasteiger partial charge on any atom is -0.477 e. The fourth-order valence-electron chi connectivity index (χ4n) is 3.16. The molecule has 2 aromatic rings. The Morgan fingerprint density at radius 2 is 1.83 bits per heavy atom. The Labute approximate surface area is 170 Å². The standard InChI is InChI=1S/C22H15F3N2O3/c23-22(24,25)20(28)15-5-7-18(8-6-15)27-11-10-16-12-14(4-9-19(16)27)2-1-3-17(13-26)21(29)30/h1-9,12H,10-11H2,(H,29,30). The number of hydrogen-bond donors (Lipinski definition) is 1. The smallest absolute Gasteiger partial charge is 0.454 e. The normalized spacial score (nSPS) is 13.9. The molecule has 0 bridgehead atoms. The Balaban J connectivity index is 1.79. The van der Waals surface area contributed by atoms with Crippen LogP contribution >= 0.6 is 0 Å². The molecule has 0 aromatic heterocycles. The predicted octanol–water partition coefficient (Wildman–Crippen LogP) is 4.67. The highest BCUT2D eigenvalue weighted by molar-refractivity contribution is 6.00. The van der Waals surface area contributed by atoms with Crippen LogP contribution in [-0.4, -0.2) is 29.6 Å². The Kier molecular flexibility index (Phi) is 5.74. The van der Waals surface area contributed by atoms with Crippen LogP contribution in [0.3, 0.4) is 0 Å². The van der Waals surface area contributed by atoms with Gasteiger partial charge in [0, 0.05) is 23.5 Å². The van der Waals surface area contributed by atoms with Gasteiger partial charge in [-0.25, -0.2) is 4.79 Å². The average Bonchev–Trinajstić information content (AvgIpc) is 3.13. The lowest BCUT2D eigenvalue weighted by Crippen LogP contribution is -2.22. The van der Waals surface area contributed by atoms with Crippen molar-refractivity contribution in [2.24, 2.45) is 0 Å². The minimum atomic E-state index is -4.90. The Hall–Kier alpha value is -3.86. The lowest BCUT2D eigenvalue weighted by atomic mass is 10.1. The number of allylic oxidation sites excluding steroid dienone is 2. The van der Waals surface area contributed by atoms with Gasteiger partial charge in [0.1, 0.15) is 11.6 Å². The van der Waals surface area contributed by atoms with E-state index in [0.717, 1.165) is 16.8 Å². The summed E-state index contributed by atoms with van der Waals surface area (Å²) in [6, 6.07) is 12.5. The van der Waals surface area contributed by atoms with E-state index in [2.05, 4.69) is 0 Å². The average molecular weight is 412 g/mol. The number of carbonyl (C=O) groups is 2. The molecule has 0 aliphatic carbocycles. The van der Waals surface area contributed by atoms with E-state index in [1.165, 1.54) is 36.4 Å². The van der Waals surface area contributed by atoms with Crippen molar-refractivity contribution in [3.05, 3.63) is 76.9 Å². The first-order valence-corrected chi connectivity index (χ1v) is 8.84. The van der Waals surface area contributed by atoms with Crippen LogP contribution in [0.4, 0.5) is 24.5 Å². The minimum absolute atomic E-state index is 0.369. The summed E-state index contributed by atoms with van der Waals surface area (Å²) in [5.41, 5.74) is 2.65. The third kappa shape index (κ3) is 4.41. The van der Waals surface area contributed by atoms with Crippen molar-refractivity contribution in [3.8, 4) is 6.07 Å². The molecule has 1 aliphatic rings. The van der Waals surface area contributed by atoms with E-state index in [4.69, 9.17) is 10.4 Å². The number of carboxylic acid groups (broad SMARTS) is 1. The van der Waals surface area contributed by atoms with Crippen LogP contribution < -0.4 is 4.90 Å². The third-order valence-electron chi connectivity index (χ3n) is 4.60. The van der Waals surface area contributed by atoms with Crippen LogP contribution in [0.5, 0.6) is 0 Å². The van der Waals surface area contributed by atoms with Crippen molar-refractivity contribution in [2.45, 2.75) is 12.6 Å². The molecule has 0 fully saturated rings. The van der Waals surface area contributed by atoms with Gasteiger partial charge in [0.25, 0.3) is 5.78 Å². The molecule has 30 heavy (non-hydrogen) atoms. The predicted molar refractivity (Wildman–Crippen MR) is 104 cm³/mol. The fraction of sp³-hybridized carbons (Fsp3) is 0.136. The highest BCUT2D eigenvalue weighted by atomic mass is 19.4. The quantitative estimate of drug-likeness (QED) is 0.334. The van der Waals surface area contributed by atoms with E-state index in [1.54, 1.807) is 12.1 Å². The Morgan fingerprint density at radius 1 is 1.13 bits per heavy atom. The first-order valence-electron chi connectivity index (χ1n) is 8.84. The van der Waals surface area contributed by atoms with E-state index < -0.39 is 23.5 Å². The molecule has 5 nitrogen and oxygen atoms in total. The fourth-order valence-corrected chi connectivity index (χ4v) is 3.16. The molecule has 0 radical (unpaired) electrons. The van der Waals surface area contributed by atoms with Gasteiger partial charge in [-0.3, -0.25) is 4.79 Å². The molecular weight excluding hydrogens is 397 g/mol. The molecule has 0 amide bonds. The van der Waals surface area contributed by atoms with Gasteiger partial charge in [-0.15, -0.1) is 0 Å². The molecule has 0 atom stereocenters. The van der Waals surface area contributed by atoms with Gasteiger partial charge in [0.15, 0.2) is 0 Å². The number of carboxylic acids is 1. The first kappa shape index (κ1) is 20.9. The maximum absolute atomic E-state index is 12.5. The Bertz CT molecular complexity index is 1090. The van der Waals surface area contributed by atoms with Gasteiger partial charge < -0.3 is 10.0 Å². The van der Waals surface area contributed by atoms with E-state index in [0.29, 0.717) is 18.7 Å². The van der Waals surface area contributed by atoms with Gasteiger partial charge in [-0.1, -0.05) is 18.2 Å². The molecule has 8 heteroatoms. The highest BCUT2D eigenvalue weighted by Gasteiger charge is 2.39. The summed E-state index contributed by atoms with van der Waals surface area (Å²) in [4.78, 5) is 24.1. The van der Waals surface area contributed by atoms with Crippen molar-refractivity contribution in [3.63, 3.8) is 0 Å². The summed E-state index contributed by atoms with van der Waals surface area (Å²) in [6.07, 6.45) is 0.192. The molecule has 1 heterocycles. The molecule has 0 unspecified atom stereocenters. The molecule has 0 saturated heterocycles. The first-order chi connectivity index (χ1) is 14.2. The van der Waals surface area contributed by atoms with Crippen molar-refractivity contribution >= 4 is 29.2 Å². The van der Waals surface area contributed by atoms with Crippen LogP contribution in [-0.2, 0) is 11.2 Å². The number of fused-ring (bicyclic) bond motifs is 1. The van der Waals surface area contributed by atoms with E-state index >= 15 is 0 Å². The van der Waals surface area contributed by atoms with Gasteiger partial charge in [-0.2, -0.15) is 18.4 Å². The largest absolute Gasteiger partial charge is 0.477 e. The molecule has 2 aromatic carbocycles. The number of benzene rings is 2. The summed E-state index contributed by atoms with van der Waals surface area (Å²) >= 11 is 0. The van der Waals surface area contributed by atoms with Crippen molar-refractivity contribution in [2.75, 3.05) is 11.4 Å². The zero-order chi connectivity index (χ0) is 21.9. The number of alkyl halides is 3. The van der Waals surface area contributed by atoms with Crippen LogP contribution in [0.1, 0.15) is 21.5 Å². The lowest BCUT2D eigenvalue weighted by molar-refractivity contribution is -0.132. The zero-order valence-electron chi connectivity index (χ0n) is 15.5. The summed E-state index contributed by atoms with van der Waals surface area (Å²) in [5.74, 6) is -3.17. The monoisotopic (exact) mass is 412 g/mol. The number of aliphatic carboxylic acids is 1. The number of carbonyl (C=O) groups excluding carboxylic acids is 1. The van der Waals surface area contributed by atoms with Crippen LogP contribution in [0, 0.1) is 11.3 Å². The summed E-state index contributed by atoms with van der Waals surface area (Å²) < 4.78 is 37.6. The lowest BCUT2D eigenvalue weighted by Gasteiger charge is -2.20.